The van der Waals surface area contributed by atoms with Crippen LogP contribution in [-0.2, 0) is 0 Å². The highest BCUT2D eigenvalue weighted by Gasteiger charge is 2.32. The van der Waals surface area contributed by atoms with Gasteiger partial charge in [0.1, 0.15) is 24.1 Å². The van der Waals surface area contributed by atoms with Crippen LogP contribution in [0.3, 0.4) is 0 Å². The Kier molecular flexibility index (Phi) is 5.31. The molecule has 2 aromatic rings. The Hall–Kier alpha value is -2.35. The average molecular weight is 357 g/mol. The molecule has 1 fully saturated rings. The maximum atomic E-state index is 9.74. The third-order valence-electron chi connectivity index (χ3n) is 4.60. The number of hydrogen-bond acceptors (Lipinski definition) is 8. The Labute approximate surface area is 154 Å². The van der Waals surface area contributed by atoms with E-state index in [0.717, 1.165) is 30.7 Å². The van der Waals surface area contributed by atoms with Gasteiger partial charge in [-0.3, -0.25) is 0 Å². The number of rotatable bonds is 4. The van der Waals surface area contributed by atoms with Crippen LogP contribution in [-0.4, -0.2) is 55.2 Å². The number of piperazine rings is 1. The van der Waals surface area contributed by atoms with Crippen LogP contribution >= 0.6 is 0 Å². The third-order valence-corrected chi connectivity index (χ3v) is 4.60. The number of aromatic nitrogens is 5. The second-order valence-corrected chi connectivity index (χ2v) is 7.26. The zero-order chi connectivity index (χ0) is 18.8. The molecule has 0 amide bonds. The summed E-state index contributed by atoms with van der Waals surface area (Å²) in [6.07, 6.45) is 2.63. The van der Waals surface area contributed by atoms with Gasteiger partial charge in [-0.1, -0.05) is 13.8 Å². The van der Waals surface area contributed by atoms with Crippen molar-refractivity contribution in [2.24, 2.45) is 0 Å². The molecular formula is C18H27N7O. The lowest BCUT2D eigenvalue weighted by Crippen LogP contribution is -2.58. The van der Waals surface area contributed by atoms with Gasteiger partial charge in [-0.25, -0.2) is 19.9 Å². The molecule has 26 heavy (non-hydrogen) atoms. The first-order valence-electron chi connectivity index (χ1n) is 9.10. The summed E-state index contributed by atoms with van der Waals surface area (Å²) in [6, 6.07) is 2.32. The normalized spacial score (nSPS) is 22.0. The third kappa shape index (κ3) is 3.75. The van der Waals surface area contributed by atoms with Crippen LogP contribution in [0.4, 0.5) is 11.8 Å². The minimum absolute atomic E-state index is 0.214. The predicted molar refractivity (Wildman–Crippen MR) is 100 cm³/mol. The van der Waals surface area contributed by atoms with Crippen molar-refractivity contribution in [2.45, 2.75) is 58.7 Å². The Balaban J connectivity index is 1.81. The summed E-state index contributed by atoms with van der Waals surface area (Å²) in [6.45, 7) is 11.8. The second kappa shape index (κ2) is 7.49. The smallest absolute Gasteiger partial charge is 0.229 e. The summed E-state index contributed by atoms with van der Waals surface area (Å²) in [7, 11) is 0. The van der Waals surface area contributed by atoms with Crippen molar-refractivity contribution in [3.8, 4) is 0 Å². The summed E-state index contributed by atoms with van der Waals surface area (Å²) < 4.78 is 0. The molecule has 2 aromatic heterocycles. The molecule has 0 radical (unpaired) electrons. The molecule has 0 aliphatic carbocycles. The van der Waals surface area contributed by atoms with E-state index in [1.54, 1.807) is 19.4 Å². The van der Waals surface area contributed by atoms with E-state index < -0.39 is 6.10 Å². The molecule has 1 saturated heterocycles. The molecule has 0 saturated carbocycles. The first-order chi connectivity index (χ1) is 12.4. The summed E-state index contributed by atoms with van der Waals surface area (Å²) in [5.41, 5.74) is 0. The van der Waals surface area contributed by atoms with Crippen LogP contribution in [0.15, 0.2) is 18.6 Å². The van der Waals surface area contributed by atoms with Crippen molar-refractivity contribution < 1.29 is 5.11 Å². The number of anilines is 2. The van der Waals surface area contributed by atoms with Crippen LogP contribution in [0.5, 0.6) is 0 Å². The molecule has 0 aromatic carbocycles. The Morgan fingerprint density at radius 2 is 1.69 bits per heavy atom. The largest absolute Gasteiger partial charge is 0.385 e. The SMILES string of the molecule is CC(C)c1ncnc(N2[C@H](C)CN(c3ccnc([C@@H](C)O)n3)C[C@@H]2C)n1. The molecule has 0 bridgehead atoms. The van der Waals surface area contributed by atoms with Crippen molar-refractivity contribution in [3.63, 3.8) is 0 Å². The van der Waals surface area contributed by atoms with E-state index in [2.05, 4.69) is 62.4 Å². The second-order valence-electron chi connectivity index (χ2n) is 7.26. The van der Waals surface area contributed by atoms with Crippen LogP contribution < -0.4 is 9.80 Å². The fourth-order valence-electron chi connectivity index (χ4n) is 3.35. The molecule has 140 valence electrons. The standard InChI is InChI=1S/C18H27N7O/c1-11(2)16-20-10-21-18(23-16)25-12(3)8-24(9-13(25)4)15-6-7-19-17(22-15)14(5)26/h6-7,10-14,26H,8-9H2,1-5H3/t12-,13+,14-/m1/s1. The van der Waals surface area contributed by atoms with E-state index in [9.17, 15) is 5.11 Å². The zero-order valence-electron chi connectivity index (χ0n) is 16.0. The molecule has 3 heterocycles. The van der Waals surface area contributed by atoms with E-state index >= 15 is 0 Å². The molecule has 3 rings (SSSR count). The number of aliphatic hydroxyl groups is 1. The number of nitrogens with zero attached hydrogens (tertiary/aromatic N) is 7. The lowest BCUT2D eigenvalue weighted by Gasteiger charge is -2.45. The molecule has 8 nitrogen and oxygen atoms in total. The summed E-state index contributed by atoms with van der Waals surface area (Å²) in [4.78, 5) is 26.5. The van der Waals surface area contributed by atoms with Crippen LogP contribution in [0.25, 0.3) is 0 Å². The Bertz CT molecular complexity index is 740. The molecule has 1 aliphatic rings. The van der Waals surface area contributed by atoms with Crippen molar-refractivity contribution in [1.29, 1.82) is 0 Å². The first kappa shape index (κ1) is 18.4. The maximum Gasteiger partial charge on any atom is 0.229 e. The molecule has 0 unspecified atom stereocenters. The molecule has 8 heteroatoms. The van der Waals surface area contributed by atoms with E-state index in [4.69, 9.17) is 0 Å². The predicted octanol–water partition coefficient (Wildman–Crippen LogP) is 1.94. The van der Waals surface area contributed by atoms with Gasteiger partial charge < -0.3 is 14.9 Å². The molecule has 0 spiro atoms. The highest BCUT2D eigenvalue weighted by Crippen LogP contribution is 2.25. The van der Waals surface area contributed by atoms with Gasteiger partial charge in [0.15, 0.2) is 5.82 Å². The fourth-order valence-corrected chi connectivity index (χ4v) is 3.35. The summed E-state index contributed by atoms with van der Waals surface area (Å²) >= 11 is 0. The Morgan fingerprint density at radius 3 is 2.31 bits per heavy atom. The van der Waals surface area contributed by atoms with Gasteiger partial charge in [-0.15, -0.1) is 0 Å². The first-order valence-corrected chi connectivity index (χ1v) is 9.10. The van der Waals surface area contributed by atoms with Crippen LogP contribution in [0.2, 0.25) is 0 Å². The molecular weight excluding hydrogens is 330 g/mol. The monoisotopic (exact) mass is 357 g/mol. The van der Waals surface area contributed by atoms with Crippen LogP contribution in [0, 0.1) is 0 Å². The average Bonchev–Trinajstić information content (AvgIpc) is 2.61. The highest BCUT2D eigenvalue weighted by molar-refractivity contribution is 5.44. The van der Waals surface area contributed by atoms with Crippen molar-refractivity contribution in [3.05, 3.63) is 30.2 Å². The van der Waals surface area contributed by atoms with Gasteiger partial charge in [0.25, 0.3) is 0 Å². The van der Waals surface area contributed by atoms with E-state index in [0.29, 0.717) is 5.82 Å². The molecule has 1 N–H and O–H groups in total. The number of aliphatic hydroxyl groups excluding tert-OH is 1. The van der Waals surface area contributed by atoms with Gasteiger partial charge in [-0.2, -0.15) is 4.98 Å². The fraction of sp³-hybridized carbons (Fsp3) is 0.611. The quantitative estimate of drug-likeness (QED) is 0.888. The lowest BCUT2D eigenvalue weighted by atomic mass is 10.1. The van der Waals surface area contributed by atoms with E-state index in [1.807, 2.05) is 6.07 Å². The summed E-state index contributed by atoms with van der Waals surface area (Å²) in [5, 5.41) is 9.74. The Morgan fingerprint density at radius 1 is 1.00 bits per heavy atom. The van der Waals surface area contributed by atoms with E-state index in [1.165, 1.54) is 0 Å². The highest BCUT2D eigenvalue weighted by atomic mass is 16.3. The topological polar surface area (TPSA) is 91.2 Å². The number of hydrogen-bond donors (Lipinski definition) is 1. The van der Waals surface area contributed by atoms with Gasteiger partial charge in [0.2, 0.25) is 5.95 Å². The zero-order valence-corrected chi connectivity index (χ0v) is 16.0. The van der Waals surface area contributed by atoms with Crippen molar-refractivity contribution >= 4 is 11.8 Å². The van der Waals surface area contributed by atoms with Gasteiger partial charge >= 0.3 is 0 Å². The maximum absolute atomic E-state index is 9.74. The lowest BCUT2D eigenvalue weighted by molar-refractivity contribution is 0.189. The van der Waals surface area contributed by atoms with Crippen molar-refractivity contribution in [2.75, 3.05) is 22.9 Å². The van der Waals surface area contributed by atoms with Gasteiger partial charge in [-0.05, 0) is 26.8 Å². The minimum atomic E-state index is -0.675. The van der Waals surface area contributed by atoms with Crippen molar-refractivity contribution in [1.82, 2.24) is 24.9 Å². The van der Waals surface area contributed by atoms with Crippen LogP contribution in [0.1, 0.15) is 58.3 Å². The summed E-state index contributed by atoms with van der Waals surface area (Å²) in [5.74, 6) is 3.10. The minimum Gasteiger partial charge on any atom is -0.385 e. The van der Waals surface area contributed by atoms with Gasteiger partial charge in [0, 0.05) is 37.3 Å². The molecule has 3 atom stereocenters. The van der Waals surface area contributed by atoms with E-state index in [-0.39, 0.29) is 18.0 Å². The van der Waals surface area contributed by atoms with Gasteiger partial charge in [0.05, 0.1) is 0 Å². The molecule has 1 aliphatic heterocycles.